The van der Waals surface area contributed by atoms with Crippen molar-refractivity contribution < 1.29 is 9.53 Å². The molecule has 2 aromatic heterocycles. The van der Waals surface area contributed by atoms with Crippen LogP contribution in [-0.4, -0.2) is 38.6 Å². The number of hydrogen-bond donors (Lipinski definition) is 0. The standard InChI is InChI=1S/C11H12N4O2S/c1-3-17-11(16)8-5-14-15(6-8)9-4-10(18-2)13-7-12-9/h4-7H,3H2,1-2H3. The summed E-state index contributed by atoms with van der Waals surface area (Å²) in [4.78, 5) is 19.7. The fourth-order valence-corrected chi connectivity index (χ4v) is 1.71. The highest BCUT2D eigenvalue weighted by molar-refractivity contribution is 7.98. The van der Waals surface area contributed by atoms with E-state index in [1.807, 2.05) is 6.26 Å². The molecule has 0 N–H and O–H groups in total. The van der Waals surface area contributed by atoms with E-state index in [-0.39, 0.29) is 5.97 Å². The van der Waals surface area contributed by atoms with Gasteiger partial charge in [-0.25, -0.2) is 19.4 Å². The van der Waals surface area contributed by atoms with Gasteiger partial charge in [-0.1, -0.05) is 0 Å². The third kappa shape index (κ3) is 2.67. The van der Waals surface area contributed by atoms with Gasteiger partial charge in [-0.15, -0.1) is 11.8 Å². The maximum Gasteiger partial charge on any atom is 0.341 e. The van der Waals surface area contributed by atoms with Crippen molar-refractivity contribution in [2.24, 2.45) is 0 Å². The van der Waals surface area contributed by atoms with Gasteiger partial charge in [0.2, 0.25) is 0 Å². The van der Waals surface area contributed by atoms with Crippen LogP contribution in [0.25, 0.3) is 5.82 Å². The van der Waals surface area contributed by atoms with Crippen LogP contribution in [-0.2, 0) is 4.74 Å². The van der Waals surface area contributed by atoms with E-state index in [0.29, 0.717) is 18.0 Å². The molecule has 0 aliphatic carbocycles. The molecule has 2 aromatic rings. The lowest BCUT2D eigenvalue weighted by Gasteiger charge is -2.01. The van der Waals surface area contributed by atoms with Crippen LogP contribution in [0.15, 0.2) is 29.8 Å². The van der Waals surface area contributed by atoms with Crippen LogP contribution < -0.4 is 0 Å². The van der Waals surface area contributed by atoms with Crippen molar-refractivity contribution in [3.8, 4) is 5.82 Å². The Bertz CT molecular complexity index is 555. The van der Waals surface area contributed by atoms with Crippen molar-refractivity contribution in [1.82, 2.24) is 19.7 Å². The predicted molar refractivity (Wildman–Crippen MR) is 66.9 cm³/mol. The first-order valence-electron chi connectivity index (χ1n) is 5.32. The summed E-state index contributed by atoms with van der Waals surface area (Å²) in [6.07, 6.45) is 6.44. The smallest absolute Gasteiger partial charge is 0.341 e. The zero-order valence-electron chi connectivity index (χ0n) is 10.0. The van der Waals surface area contributed by atoms with E-state index >= 15 is 0 Å². The molecular formula is C11H12N4O2S. The minimum Gasteiger partial charge on any atom is -0.462 e. The molecule has 6 nitrogen and oxygen atoms in total. The van der Waals surface area contributed by atoms with Crippen LogP contribution >= 0.6 is 11.8 Å². The first kappa shape index (κ1) is 12.6. The van der Waals surface area contributed by atoms with Gasteiger partial charge in [-0.3, -0.25) is 0 Å². The van der Waals surface area contributed by atoms with Gasteiger partial charge in [0.15, 0.2) is 5.82 Å². The molecule has 0 saturated heterocycles. The first-order chi connectivity index (χ1) is 8.74. The monoisotopic (exact) mass is 264 g/mol. The minimum atomic E-state index is -0.386. The van der Waals surface area contributed by atoms with Gasteiger partial charge in [0.05, 0.1) is 18.4 Å². The Labute approximate surface area is 108 Å². The molecule has 0 spiro atoms. The summed E-state index contributed by atoms with van der Waals surface area (Å²) in [6.45, 7) is 2.10. The van der Waals surface area contributed by atoms with Crippen LogP contribution in [0.2, 0.25) is 0 Å². The number of thioether (sulfide) groups is 1. The summed E-state index contributed by atoms with van der Waals surface area (Å²) in [5, 5.41) is 4.92. The molecule has 0 unspecified atom stereocenters. The summed E-state index contributed by atoms with van der Waals surface area (Å²) in [7, 11) is 0. The topological polar surface area (TPSA) is 69.9 Å². The van der Waals surface area contributed by atoms with Crippen molar-refractivity contribution in [2.75, 3.05) is 12.9 Å². The second-order valence-electron chi connectivity index (χ2n) is 3.31. The number of rotatable bonds is 4. The lowest BCUT2D eigenvalue weighted by atomic mass is 10.4. The quantitative estimate of drug-likeness (QED) is 0.474. The van der Waals surface area contributed by atoms with E-state index in [9.17, 15) is 4.79 Å². The lowest BCUT2D eigenvalue weighted by molar-refractivity contribution is 0.0526. The highest BCUT2D eigenvalue weighted by atomic mass is 32.2. The van der Waals surface area contributed by atoms with E-state index < -0.39 is 0 Å². The summed E-state index contributed by atoms with van der Waals surface area (Å²) < 4.78 is 6.41. The zero-order chi connectivity index (χ0) is 13.0. The number of esters is 1. The highest BCUT2D eigenvalue weighted by Gasteiger charge is 2.10. The van der Waals surface area contributed by atoms with Gasteiger partial charge >= 0.3 is 5.97 Å². The molecule has 2 heterocycles. The Kier molecular flexibility index (Phi) is 3.93. The van der Waals surface area contributed by atoms with Crippen molar-refractivity contribution in [1.29, 1.82) is 0 Å². The molecule has 0 amide bonds. The number of carbonyl (C=O) groups is 1. The van der Waals surface area contributed by atoms with Gasteiger partial charge < -0.3 is 4.74 Å². The van der Waals surface area contributed by atoms with Gasteiger partial charge in [-0.2, -0.15) is 5.10 Å². The summed E-state index contributed by atoms with van der Waals surface area (Å²) in [5.74, 6) is 0.229. The molecule has 0 bridgehead atoms. The number of nitrogens with zero attached hydrogens (tertiary/aromatic N) is 4. The van der Waals surface area contributed by atoms with E-state index in [1.54, 1.807) is 19.2 Å². The van der Waals surface area contributed by atoms with Gasteiger partial charge in [0.25, 0.3) is 0 Å². The number of aromatic nitrogens is 4. The van der Waals surface area contributed by atoms with E-state index in [1.165, 1.54) is 29.0 Å². The van der Waals surface area contributed by atoms with Crippen LogP contribution in [0, 0.1) is 0 Å². The summed E-state index contributed by atoms with van der Waals surface area (Å²) in [6, 6.07) is 1.80. The number of hydrogen-bond acceptors (Lipinski definition) is 6. The van der Waals surface area contributed by atoms with Crippen molar-refractivity contribution in [3.05, 3.63) is 30.4 Å². The lowest BCUT2D eigenvalue weighted by Crippen LogP contribution is -2.03. The molecule has 18 heavy (non-hydrogen) atoms. The molecule has 7 heteroatoms. The fourth-order valence-electron chi connectivity index (χ4n) is 1.33. The predicted octanol–water partition coefficient (Wildman–Crippen LogP) is 1.56. The van der Waals surface area contributed by atoms with Gasteiger partial charge in [0.1, 0.15) is 11.4 Å². The number of carbonyl (C=O) groups excluding carboxylic acids is 1. The summed E-state index contributed by atoms with van der Waals surface area (Å²) >= 11 is 1.52. The normalized spacial score (nSPS) is 10.3. The fraction of sp³-hybridized carbons (Fsp3) is 0.273. The molecular weight excluding hydrogens is 252 g/mol. The van der Waals surface area contributed by atoms with E-state index in [0.717, 1.165) is 5.03 Å². The molecule has 94 valence electrons. The van der Waals surface area contributed by atoms with Crippen molar-refractivity contribution in [2.45, 2.75) is 11.9 Å². The maximum absolute atomic E-state index is 11.5. The second kappa shape index (κ2) is 5.63. The third-order valence-corrected chi connectivity index (χ3v) is 2.81. The van der Waals surface area contributed by atoms with Gasteiger partial charge in [-0.05, 0) is 13.2 Å². The van der Waals surface area contributed by atoms with Crippen molar-refractivity contribution in [3.63, 3.8) is 0 Å². The van der Waals surface area contributed by atoms with Crippen LogP contribution in [0.5, 0.6) is 0 Å². The Balaban J connectivity index is 2.26. The molecule has 0 radical (unpaired) electrons. The Hall–Kier alpha value is -1.89. The third-order valence-electron chi connectivity index (χ3n) is 2.17. The van der Waals surface area contributed by atoms with Crippen LogP contribution in [0.4, 0.5) is 0 Å². The molecule has 0 aliphatic heterocycles. The van der Waals surface area contributed by atoms with Crippen molar-refractivity contribution >= 4 is 17.7 Å². The number of ether oxygens (including phenoxy) is 1. The molecule has 0 fully saturated rings. The first-order valence-corrected chi connectivity index (χ1v) is 6.55. The second-order valence-corrected chi connectivity index (χ2v) is 4.14. The maximum atomic E-state index is 11.5. The SMILES string of the molecule is CCOC(=O)c1cnn(-c2cc(SC)ncn2)c1. The van der Waals surface area contributed by atoms with E-state index in [4.69, 9.17) is 4.74 Å². The summed E-state index contributed by atoms with van der Waals surface area (Å²) in [5.41, 5.74) is 0.404. The van der Waals surface area contributed by atoms with Crippen LogP contribution in [0.3, 0.4) is 0 Å². The zero-order valence-corrected chi connectivity index (χ0v) is 10.8. The van der Waals surface area contributed by atoms with Gasteiger partial charge in [0, 0.05) is 12.3 Å². The largest absolute Gasteiger partial charge is 0.462 e. The Morgan fingerprint density at radius 1 is 1.50 bits per heavy atom. The molecule has 0 aromatic carbocycles. The molecule has 2 rings (SSSR count). The molecule has 0 atom stereocenters. The average Bonchev–Trinajstić information content (AvgIpc) is 2.89. The minimum absolute atomic E-state index is 0.341. The molecule has 0 aliphatic rings. The van der Waals surface area contributed by atoms with E-state index in [2.05, 4.69) is 15.1 Å². The van der Waals surface area contributed by atoms with Crippen LogP contribution in [0.1, 0.15) is 17.3 Å². The molecule has 0 saturated carbocycles. The average molecular weight is 264 g/mol. The highest BCUT2D eigenvalue weighted by Crippen LogP contribution is 2.13. The Morgan fingerprint density at radius 3 is 3.06 bits per heavy atom. The Morgan fingerprint density at radius 2 is 2.33 bits per heavy atom.